The van der Waals surface area contributed by atoms with E-state index in [1.807, 2.05) is 11.8 Å². The van der Waals surface area contributed by atoms with E-state index in [1.54, 1.807) is 0 Å². The second-order valence-electron chi connectivity index (χ2n) is 4.13. The van der Waals surface area contributed by atoms with Gasteiger partial charge in [0, 0.05) is 13.5 Å². The second-order valence-corrected chi connectivity index (χ2v) is 5.35. The molecule has 0 aromatic carbocycles. The average Bonchev–Trinajstić information content (AvgIpc) is 2.30. The SMILES string of the molecule is COC(CNC(=O)CC1CCSCC1)C(=O)O. The Labute approximate surface area is 105 Å². The molecule has 0 aromatic heterocycles. The normalized spacial score (nSPS) is 18.6. The number of hydrogen-bond donors (Lipinski definition) is 2. The molecule has 1 amide bonds. The highest BCUT2D eigenvalue weighted by atomic mass is 32.2. The van der Waals surface area contributed by atoms with E-state index < -0.39 is 12.1 Å². The monoisotopic (exact) mass is 261 g/mol. The molecule has 0 saturated carbocycles. The lowest BCUT2D eigenvalue weighted by Gasteiger charge is -2.21. The molecule has 17 heavy (non-hydrogen) atoms. The lowest BCUT2D eigenvalue weighted by molar-refractivity contribution is -0.148. The van der Waals surface area contributed by atoms with Gasteiger partial charge in [-0.15, -0.1) is 0 Å². The predicted octanol–water partition coefficient (Wildman–Crippen LogP) is 0.735. The molecule has 1 aliphatic rings. The van der Waals surface area contributed by atoms with Gasteiger partial charge in [-0.05, 0) is 30.3 Å². The van der Waals surface area contributed by atoms with Crippen molar-refractivity contribution in [3.05, 3.63) is 0 Å². The van der Waals surface area contributed by atoms with Gasteiger partial charge in [-0.2, -0.15) is 11.8 Å². The van der Waals surface area contributed by atoms with Crippen LogP contribution < -0.4 is 5.32 Å². The Morgan fingerprint density at radius 3 is 2.65 bits per heavy atom. The first-order valence-electron chi connectivity index (χ1n) is 5.73. The van der Waals surface area contributed by atoms with E-state index >= 15 is 0 Å². The van der Waals surface area contributed by atoms with Crippen LogP contribution in [-0.4, -0.2) is 48.2 Å². The quantitative estimate of drug-likeness (QED) is 0.737. The minimum absolute atomic E-state index is 0.0339. The van der Waals surface area contributed by atoms with E-state index in [9.17, 15) is 9.59 Å². The lowest BCUT2D eigenvalue weighted by atomic mass is 9.98. The van der Waals surface area contributed by atoms with Crippen LogP contribution >= 0.6 is 11.8 Å². The van der Waals surface area contributed by atoms with Gasteiger partial charge in [-0.1, -0.05) is 0 Å². The highest BCUT2D eigenvalue weighted by molar-refractivity contribution is 7.99. The van der Waals surface area contributed by atoms with E-state index in [1.165, 1.54) is 7.11 Å². The molecule has 1 saturated heterocycles. The number of hydrogen-bond acceptors (Lipinski definition) is 4. The summed E-state index contributed by atoms with van der Waals surface area (Å²) in [5.74, 6) is 1.55. The van der Waals surface area contributed by atoms with Gasteiger partial charge in [0.2, 0.25) is 5.91 Å². The van der Waals surface area contributed by atoms with Crippen molar-refractivity contribution >= 4 is 23.6 Å². The van der Waals surface area contributed by atoms with Crippen LogP contribution in [0.5, 0.6) is 0 Å². The number of carboxylic acids is 1. The van der Waals surface area contributed by atoms with Crippen molar-refractivity contribution in [1.82, 2.24) is 5.32 Å². The number of carboxylic acid groups (broad SMARTS) is 1. The van der Waals surface area contributed by atoms with E-state index in [-0.39, 0.29) is 12.5 Å². The molecule has 1 atom stereocenters. The summed E-state index contributed by atoms with van der Waals surface area (Å²) in [6.07, 6.45) is 1.69. The predicted molar refractivity (Wildman–Crippen MR) is 66.1 cm³/mol. The van der Waals surface area contributed by atoms with Crippen molar-refractivity contribution in [1.29, 1.82) is 0 Å². The summed E-state index contributed by atoms with van der Waals surface area (Å²) in [6.45, 7) is 0.0339. The molecule has 0 bridgehead atoms. The van der Waals surface area contributed by atoms with E-state index in [2.05, 4.69) is 5.32 Å². The number of carbonyl (C=O) groups is 2. The van der Waals surface area contributed by atoms with Gasteiger partial charge in [0.15, 0.2) is 6.10 Å². The molecule has 1 rings (SSSR count). The number of thioether (sulfide) groups is 1. The third-order valence-electron chi connectivity index (χ3n) is 2.86. The highest BCUT2D eigenvalue weighted by Gasteiger charge is 2.20. The Balaban J connectivity index is 2.21. The summed E-state index contributed by atoms with van der Waals surface area (Å²) >= 11 is 1.92. The topological polar surface area (TPSA) is 75.6 Å². The molecule has 1 heterocycles. The maximum atomic E-state index is 11.6. The maximum Gasteiger partial charge on any atom is 0.334 e. The van der Waals surface area contributed by atoms with Crippen LogP contribution in [0.3, 0.4) is 0 Å². The molecular weight excluding hydrogens is 242 g/mol. The van der Waals surface area contributed by atoms with Crippen molar-refractivity contribution in [2.45, 2.75) is 25.4 Å². The van der Waals surface area contributed by atoms with Gasteiger partial charge in [-0.3, -0.25) is 4.79 Å². The van der Waals surface area contributed by atoms with Crippen LogP contribution in [0, 0.1) is 5.92 Å². The molecule has 5 nitrogen and oxygen atoms in total. The number of amides is 1. The molecule has 0 radical (unpaired) electrons. The largest absolute Gasteiger partial charge is 0.479 e. The number of nitrogens with one attached hydrogen (secondary N) is 1. The molecule has 1 fully saturated rings. The summed E-state index contributed by atoms with van der Waals surface area (Å²) in [4.78, 5) is 22.2. The first kappa shape index (κ1) is 14.3. The molecule has 0 spiro atoms. The van der Waals surface area contributed by atoms with Gasteiger partial charge in [-0.25, -0.2) is 4.79 Å². The van der Waals surface area contributed by atoms with Crippen LogP contribution in [-0.2, 0) is 14.3 Å². The zero-order valence-corrected chi connectivity index (χ0v) is 10.8. The van der Waals surface area contributed by atoms with Crippen LogP contribution in [0.4, 0.5) is 0 Å². The Morgan fingerprint density at radius 2 is 2.12 bits per heavy atom. The summed E-state index contributed by atoms with van der Waals surface area (Å²) in [5.41, 5.74) is 0. The smallest absolute Gasteiger partial charge is 0.334 e. The number of carbonyl (C=O) groups excluding carboxylic acids is 1. The van der Waals surface area contributed by atoms with E-state index in [0.29, 0.717) is 12.3 Å². The van der Waals surface area contributed by atoms with Crippen LogP contribution in [0.25, 0.3) is 0 Å². The van der Waals surface area contributed by atoms with Gasteiger partial charge in [0.05, 0.1) is 6.54 Å². The number of rotatable bonds is 6. The molecular formula is C11H19NO4S. The number of ether oxygens (including phenoxy) is 1. The second kappa shape index (κ2) is 7.55. The third-order valence-corrected chi connectivity index (χ3v) is 3.91. The molecule has 0 aliphatic carbocycles. The zero-order chi connectivity index (χ0) is 12.7. The molecule has 6 heteroatoms. The minimum atomic E-state index is -1.05. The van der Waals surface area contributed by atoms with Gasteiger partial charge in [0.25, 0.3) is 0 Å². The molecule has 1 aliphatic heterocycles. The summed E-state index contributed by atoms with van der Waals surface area (Å²) < 4.78 is 4.73. The Bertz CT molecular complexity index is 266. The van der Waals surface area contributed by atoms with Crippen LogP contribution in [0.15, 0.2) is 0 Å². The van der Waals surface area contributed by atoms with Gasteiger partial charge in [0.1, 0.15) is 0 Å². The molecule has 0 aromatic rings. The van der Waals surface area contributed by atoms with Crippen molar-refractivity contribution in [3.63, 3.8) is 0 Å². The minimum Gasteiger partial charge on any atom is -0.479 e. The maximum absolute atomic E-state index is 11.6. The fourth-order valence-corrected chi connectivity index (χ4v) is 2.97. The van der Waals surface area contributed by atoms with Crippen LogP contribution in [0.2, 0.25) is 0 Å². The molecule has 2 N–H and O–H groups in total. The van der Waals surface area contributed by atoms with Gasteiger partial charge >= 0.3 is 5.97 Å². The van der Waals surface area contributed by atoms with E-state index in [4.69, 9.17) is 9.84 Å². The van der Waals surface area contributed by atoms with Crippen molar-refractivity contribution < 1.29 is 19.4 Å². The van der Waals surface area contributed by atoms with E-state index in [0.717, 1.165) is 24.3 Å². The molecule has 98 valence electrons. The summed E-state index contributed by atoms with van der Waals surface area (Å²) in [5, 5.41) is 11.3. The zero-order valence-electron chi connectivity index (χ0n) is 9.98. The lowest BCUT2D eigenvalue weighted by Crippen LogP contribution is -2.38. The Morgan fingerprint density at radius 1 is 1.47 bits per heavy atom. The summed E-state index contributed by atoms with van der Waals surface area (Å²) in [7, 11) is 1.32. The fourth-order valence-electron chi connectivity index (χ4n) is 1.76. The van der Waals surface area contributed by atoms with Crippen molar-refractivity contribution in [3.8, 4) is 0 Å². The van der Waals surface area contributed by atoms with Crippen LogP contribution in [0.1, 0.15) is 19.3 Å². The first-order chi connectivity index (χ1) is 8.13. The standard InChI is InChI=1S/C11H19NO4S/c1-16-9(11(14)15)7-12-10(13)6-8-2-4-17-5-3-8/h8-9H,2-7H2,1H3,(H,12,13)(H,14,15). The Hall–Kier alpha value is -0.750. The molecule has 1 unspecified atom stereocenters. The van der Waals surface area contributed by atoms with Crippen molar-refractivity contribution in [2.24, 2.45) is 5.92 Å². The highest BCUT2D eigenvalue weighted by Crippen LogP contribution is 2.24. The Kier molecular flexibility index (Phi) is 6.36. The van der Waals surface area contributed by atoms with Crippen molar-refractivity contribution in [2.75, 3.05) is 25.2 Å². The number of aliphatic carboxylic acids is 1. The summed E-state index contributed by atoms with van der Waals surface area (Å²) in [6, 6.07) is 0. The third kappa shape index (κ3) is 5.41. The fraction of sp³-hybridized carbons (Fsp3) is 0.818. The van der Waals surface area contributed by atoms with Gasteiger partial charge < -0.3 is 15.2 Å². The average molecular weight is 261 g/mol. The first-order valence-corrected chi connectivity index (χ1v) is 6.89. The number of methoxy groups -OCH3 is 1.